The van der Waals surface area contributed by atoms with E-state index >= 15 is 0 Å². The molecule has 2 N–H and O–H groups in total. The van der Waals surface area contributed by atoms with Gasteiger partial charge in [-0.05, 0) is 25.7 Å². The average Bonchev–Trinajstić information content (AvgIpc) is 2.28. The normalized spacial score (nSPS) is 11.0. The van der Waals surface area contributed by atoms with E-state index in [-0.39, 0.29) is 0 Å². The van der Waals surface area contributed by atoms with E-state index in [0.717, 1.165) is 17.2 Å². The Kier molecular flexibility index (Phi) is 3.09. The smallest absolute Gasteiger partial charge is 0.137 e. The number of hydrogen-bond acceptors (Lipinski definition) is 3. The highest BCUT2D eigenvalue weighted by Gasteiger charge is 2.04. The van der Waals surface area contributed by atoms with Crippen molar-refractivity contribution in [3.05, 3.63) is 9.88 Å². The monoisotopic (exact) mass is 184 g/mol. The summed E-state index contributed by atoms with van der Waals surface area (Å²) in [7, 11) is 0. The predicted octanol–water partition coefficient (Wildman–Crippen LogP) is 2.62. The highest BCUT2D eigenvalue weighted by Crippen LogP contribution is 2.21. The van der Waals surface area contributed by atoms with Crippen molar-refractivity contribution in [2.45, 2.75) is 33.6 Å². The molecule has 0 aliphatic heterocycles. The average molecular weight is 184 g/mol. The van der Waals surface area contributed by atoms with Crippen molar-refractivity contribution in [3.8, 4) is 0 Å². The number of hydrogen-bond donors (Lipinski definition) is 1. The summed E-state index contributed by atoms with van der Waals surface area (Å²) in [4.78, 5) is 5.43. The van der Waals surface area contributed by atoms with Crippen molar-refractivity contribution >= 4 is 17.2 Å². The highest BCUT2D eigenvalue weighted by atomic mass is 32.1. The molecule has 0 aromatic carbocycles. The summed E-state index contributed by atoms with van der Waals surface area (Å²) in [5.41, 5.74) is 5.65. The molecule has 1 heterocycles. The third-order valence-corrected chi connectivity index (χ3v) is 2.86. The number of aromatic nitrogens is 1. The van der Waals surface area contributed by atoms with Crippen LogP contribution in [-0.4, -0.2) is 4.98 Å². The van der Waals surface area contributed by atoms with E-state index < -0.39 is 0 Å². The Balaban J connectivity index is 2.53. The molecule has 0 saturated carbocycles. The summed E-state index contributed by atoms with van der Waals surface area (Å²) >= 11 is 1.72. The molecule has 12 heavy (non-hydrogen) atoms. The second-order valence-corrected chi connectivity index (χ2v) is 4.77. The van der Waals surface area contributed by atoms with Crippen LogP contribution in [0.3, 0.4) is 0 Å². The van der Waals surface area contributed by atoms with Crippen LogP contribution in [-0.2, 0) is 6.42 Å². The van der Waals surface area contributed by atoms with Gasteiger partial charge in [0.15, 0.2) is 0 Å². The molecule has 0 bridgehead atoms. The second kappa shape index (κ2) is 3.90. The van der Waals surface area contributed by atoms with Gasteiger partial charge in [0.05, 0.1) is 5.01 Å². The van der Waals surface area contributed by atoms with Gasteiger partial charge in [0.1, 0.15) is 5.82 Å². The molecule has 0 aliphatic carbocycles. The maximum absolute atomic E-state index is 5.65. The van der Waals surface area contributed by atoms with Crippen molar-refractivity contribution in [3.63, 3.8) is 0 Å². The van der Waals surface area contributed by atoms with Gasteiger partial charge in [-0.1, -0.05) is 13.8 Å². The third-order valence-electron chi connectivity index (χ3n) is 1.81. The molecule has 0 fully saturated rings. The Labute approximate surface area is 77.8 Å². The van der Waals surface area contributed by atoms with E-state index in [1.54, 1.807) is 11.3 Å². The van der Waals surface area contributed by atoms with E-state index in [1.807, 2.05) is 6.92 Å². The van der Waals surface area contributed by atoms with Gasteiger partial charge in [0.2, 0.25) is 0 Å². The summed E-state index contributed by atoms with van der Waals surface area (Å²) < 4.78 is 0. The highest BCUT2D eigenvalue weighted by molar-refractivity contribution is 7.12. The first-order valence-electron chi connectivity index (χ1n) is 4.31. The zero-order valence-corrected chi connectivity index (χ0v) is 8.74. The molecule has 0 radical (unpaired) electrons. The van der Waals surface area contributed by atoms with Gasteiger partial charge >= 0.3 is 0 Å². The molecule has 0 unspecified atom stereocenters. The third kappa shape index (κ3) is 2.48. The van der Waals surface area contributed by atoms with Crippen molar-refractivity contribution in [2.75, 3.05) is 5.73 Å². The summed E-state index contributed by atoms with van der Waals surface area (Å²) in [6, 6.07) is 0. The molecule has 0 spiro atoms. The maximum atomic E-state index is 5.65. The first-order valence-corrected chi connectivity index (χ1v) is 5.13. The van der Waals surface area contributed by atoms with Crippen LogP contribution >= 0.6 is 11.3 Å². The van der Waals surface area contributed by atoms with Gasteiger partial charge in [0, 0.05) is 4.88 Å². The fraction of sp³-hybridized carbons (Fsp3) is 0.667. The molecule has 1 aromatic heterocycles. The largest absolute Gasteiger partial charge is 0.383 e. The number of nitrogens with two attached hydrogens (primary N) is 1. The zero-order valence-electron chi connectivity index (χ0n) is 7.92. The molecule has 0 saturated heterocycles. The number of rotatable bonds is 3. The van der Waals surface area contributed by atoms with Crippen LogP contribution < -0.4 is 5.73 Å². The minimum absolute atomic E-state index is 0.707. The lowest BCUT2D eigenvalue weighted by atomic mass is 10.1. The molecular weight excluding hydrogens is 168 g/mol. The first-order chi connectivity index (χ1) is 5.59. The van der Waals surface area contributed by atoms with Gasteiger partial charge < -0.3 is 5.73 Å². The van der Waals surface area contributed by atoms with Crippen LogP contribution in [0.4, 0.5) is 5.82 Å². The molecule has 2 nitrogen and oxygen atoms in total. The fourth-order valence-corrected chi connectivity index (χ4v) is 1.85. The van der Waals surface area contributed by atoms with Gasteiger partial charge in [-0.2, -0.15) is 0 Å². The van der Waals surface area contributed by atoms with Crippen molar-refractivity contribution in [1.29, 1.82) is 0 Å². The summed E-state index contributed by atoms with van der Waals surface area (Å²) in [6.07, 6.45) is 2.27. The molecule has 1 rings (SSSR count). The Hall–Kier alpha value is -0.570. The molecule has 3 heteroatoms. The number of anilines is 1. The number of thiazole rings is 1. The minimum atomic E-state index is 0.707. The van der Waals surface area contributed by atoms with Crippen LogP contribution in [0.5, 0.6) is 0 Å². The molecule has 0 aliphatic rings. The lowest BCUT2D eigenvalue weighted by molar-refractivity contribution is 0.586. The summed E-state index contributed by atoms with van der Waals surface area (Å²) in [6.45, 7) is 6.47. The number of nitrogens with zero attached hydrogens (tertiary/aromatic N) is 1. The van der Waals surface area contributed by atoms with Crippen molar-refractivity contribution < 1.29 is 0 Å². The van der Waals surface area contributed by atoms with Gasteiger partial charge in [0.25, 0.3) is 0 Å². The predicted molar refractivity (Wildman–Crippen MR) is 54.4 cm³/mol. The summed E-state index contributed by atoms with van der Waals surface area (Å²) in [5, 5.41) is 1.18. The number of nitrogen functional groups attached to an aromatic ring is 1. The Morgan fingerprint density at radius 2 is 2.17 bits per heavy atom. The Morgan fingerprint density at radius 1 is 1.50 bits per heavy atom. The van der Waals surface area contributed by atoms with E-state index in [2.05, 4.69) is 18.8 Å². The molecule has 0 amide bonds. The van der Waals surface area contributed by atoms with Gasteiger partial charge in [-0.3, -0.25) is 0 Å². The number of aryl methyl sites for hydroxylation is 2. The van der Waals surface area contributed by atoms with Crippen LogP contribution in [0, 0.1) is 12.8 Å². The quantitative estimate of drug-likeness (QED) is 0.784. The lowest BCUT2D eigenvalue weighted by Gasteiger charge is -1.99. The Bertz CT molecular complexity index is 234. The van der Waals surface area contributed by atoms with E-state index in [0.29, 0.717) is 5.82 Å². The van der Waals surface area contributed by atoms with Crippen molar-refractivity contribution in [2.24, 2.45) is 5.92 Å². The summed E-state index contributed by atoms with van der Waals surface area (Å²) in [5.74, 6) is 1.45. The van der Waals surface area contributed by atoms with E-state index in [9.17, 15) is 0 Å². The first kappa shape index (κ1) is 9.52. The molecular formula is C9H16N2S. The maximum Gasteiger partial charge on any atom is 0.137 e. The standard InChI is InChI=1S/C9H16N2S/c1-6(2)4-5-8-11-9(10)7(3)12-8/h6H,4-5,10H2,1-3H3. The van der Waals surface area contributed by atoms with Crippen LogP contribution in [0.15, 0.2) is 0 Å². The Morgan fingerprint density at radius 3 is 2.58 bits per heavy atom. The van der Waals surface area contributed by atoms with Gasteiger partial charge in [-0.25, -0.2) is 4.98 Å². The lowest BCUT2D eigenvalue weighted by Crippen LogP contribution is -1.92. The minimum Gasteiger partial charge on any atom is -0.383 e. The van der Waals surface area contributed by atoms with Crippen LogP contribution in [0.1, 0.15) is 30.2 Å². The van der Waals surface area contributed by atoms with E-state index in [4.69, 9.17) is 5.73 Å². The molecule has 1 aromatic rings. The zero-order chi connectivity index (χ0) is 9.14. The molecule has 68 valence electrons. The SMILES string of the molecule is Cc1sc(CCC(C)C)nc1N. The van der Waals surface area contributed by atoms with Crippen molar-refractivity contribution in [1.82, 2.24) is 4.98 Å². The van der Waals surface area contributed by atoms with Gasteiger partial charge in [-0.15, -0.1) is 11.3 Å². The topological polar surface area (TPSA) is 38.9 Å². The van der Waals surface area contributed by atoms with Crippen LogP contribution in [0.25, 0.3) is 0 Å². The second-order valence-electron chi connectivity index (χ2n) is 3.48. The van der Waals surface area contributed by atoms with Crippen LogP contribution in [0.2, 0.25) is 0 Å². The fourth-order valence-electron chi connectivity index (χ4n) is 0.984. The van der Waals surface area contributed by atoms with E-state index in [1.165, 1.54) is 11.4 Å². The molecule has 0 atom stereocenters.